The van der Waals surface area contributed by atoms with Crippen LogP contribution in [0, 0.1) is 13.8 Å². The maximum atomic E-state index is 5.40. The van der Waals surface area contributed by atoms with Crippen molar-refractivity contribution in [1.82, 2.24) is 20.4 Å². The molecule has 0 aliphatic rings. The van der Waals surface area contributed by atoms with E-state index < -0.39 is 0 Å². The number of nitrogens with one attached hydrogen (secondary N) is 2. The number of nitrogens with zero attached hydrogens (tertiary/aromatic N) is 3. The third-order valence-electron chi connectivity index (χ3n) is 4.69. The Hall–Kier alpha value is -2.29. The minimum absolute atomic E-state index is 0. The predicted octanol–water partition coefficient (Wildman–Crippen LogP) is 4.12. The quantitative estimate of drug-likeness (QED) is 0.182. The third-order valence-corrected chi connectivity index (χ3v) is 4.69. The number of aliphatic imine (C=N–C) groups is 1. The molecule has 0 unspecified atom stereocenters. The fraction of sp³-hybridized carbons (Fsp3) is 0.391. The molecule has 3 aromatic rings. The van der Waals surface area contributed by atoms with Crippen LogP contribution in [-0.4, -0.2) is 35.4 Å². The smallest absolute Gasteiger partial charge is 0.191 e. The second-order valence-electron chi connectivity index (χ2n) is 7.15. The second-order valence-corrected chi connectivity index (χ2v) is 7.15. The third kappa shape index (κ3) is 8.22. The molecule has 0 saturated carbocycles. The summed E-state index contributed by atoms with van der Waals surface area (Å²) in [4.78, 5) is 4.75. The van der Waals surface area contributed by atoms with Crippen LogP contribution in [0.4, 0.5) is 0 Å². The van der Waals surface area contributed by atoms with Gasteiger partial charge in [-0.15, -0.1) is 24.0 Å². The van der Waals surface area contributed by atoms with Gasteiger partial charge in [0, 0.05) is 38.3 Å². The lowest BCUT2D eigenvalue weighted by molar-refractivity contribution is 0.506. The zero-order chi connectivity index (χ0) is 20.3. The summed E-state index contributed by atoms with van der Waals surface area (Å²) in [6.07, 6.45) is 4.46. The molecule has 0 radical (unpaired) electrons. The molecule has 0 fully saturated rings. The van der Waals surface area contributed by atoms with E-state index in [0.717, 1.165) is 62.9 Å². The molecule has 0 atom stereocenters. The number of guanidine groups is 1. The number of aryl methyl sites for hydroxylation is 3. The molecule has 0 amide bonds. The Morgan fingerprint density at radius 3 is 2.47 bits per heavy atom. The van der Waals surface area contributed by atoms with Crippen LogP contribution in [0.1, 0.15) is 29.1 Å². The van der Waals surface area contributed by atoms with Crippen molar-refractivity contribution in [2.45, 2.75) is 39.7 Å². The first-order valence-corrected chi connectivity index (χ1v) is 10.3. The highest BCUT2D eigenvalue weighted by atomic mass is 127. The Balaban J connectivity index is 0.00000320. The van der Waals surface area contributed by atoms with E-state index in [1.165, 1.54) is 11.3 Å². The number of furan rings is 1. The van der Waals surface area contributed by atoms with Crippen LogP contribution in [0.25, 0.3) is 0 Å². The molecule has 6 nitrogen and oxygen atoms in total. The molecule has 2 aromatic heterocycles. The Morgan fingerprint density at radius 2 is 1.80 bits per heavy atom. The van der Waals surface area contributed by atoms with Crippen molar-refractivity contribution in [2.24, 2.45) is 4.99 Å². The molecule has 7 heteroatoms. The molecule has 30 heavy (non-hydrogen) atoms. The van der Waals surface area contributed by atoms with Gasteiger partial charge in [-0.25, -0.2) is 0 Å². The summed E-state index contributed by atoms with van der Waals surface area (Å²) in [6.45, 7) is 7.37. The van der Waals surface area contributed by atoms with Crippen LogP contribution in [0.15, 0.2) is 64.2 Å². The Labute approximate surface area is 196 Å². The van der Waals surface area contributed by atoms with E-state index in [-0.39, 0.29) is 24.0 Å². The zero-order valence-corrected chi connectivity index (χ0v) is 20.1. The van der Waals surface area contributed by atoms with Gasteiger partial charge in [-0.3, -0.25) is 9.67 Å². The Kier molecular flexibility index (Phi) is 10.5. The van der Waals surface area contributed by atoms with Gasteiger partial charge >= 0.3 is 0 Å². The Morgan fingerprint density at radius 1 is 1.03 bits per heavy atom. The van der Waals surface area contributed by atoms with E-state index in [4.69, 9.17) is 9.41 Å². The Bertz CT molecular complexity index is 874. The highest BCUT2D eigenvalue weighted by Gasteiger charge is 2.03. The van der Waals surface area contributed by atoms with Crippen molar-refractivity contribution in [1.29, 1.82) is 0 Å². The first-order chi connectivity index (χ1) is 14.2. The lowest BCUT2D eigenvalue weighted by Gasteiger charge is -2.12. The summed E-state index contributed by atoms with van der Waals surface area (Å²) in [5.74, 6) is 1.83. The van der Waals surface area contributed by atoms with Crippen LogP contribution in [0.3, 0.4) is 0 Å². The average Bonchev–Trinajstić information content (AvgIpc) is 3.35. The van der Waals surface area contributed by atoms with Gasteiger partial charge in [0.25, 0.3) is 0 Å². The van der Waals surface area contributed by atoms with Gasteiger partial charge in [-0.1, -0.05) is 30.3 Å². The minimum atomic E-state index is 0. The lowest BCUT2D eigenvalue weighted by Crippen LogP contribution is -2.39. The van der Waals surface area contributed by atoms with Crippen molar-refractivity contribution in [3.05, 3.63) is 77.5 Å². The maximum absolute atomic E-state index is 5.40. The van der Waals surface area contributed by atoms with Gasteiger partial charge < -0.3 is 15.1 Å². The van der Waals surface area contributed by atoms with E-state index >= 15 is 0 Å². The van der Waals surface area contributed by atoms with Crippen molar-refractivity contribution in [3.8, 4) is 0 Å². The molecule has 0 bridgehead atoms. The first-order valence-electron chi connectivity index (χ1n) is 10.3. The van der Waals surface area contributed by atoms with Crippen molar-refractivity contribution in [2.75, 3.05) is 19.6 Å². The fourth-order valence-electron chi connectivity index (χ4n) is 3.22. The molecule has 0 aliphatic carbocycles. The van der Waals surface area contributed by atoms with Gasteiger partial charge in [0.05, 0.1) is 12.0 Å². The summed E-state index contributed by atoms with van der Waals surface area (Å²) >= 11 is 0. The predicted molar refractivity (Wildman–Crippen MR) is 133 cm³/mol. The van der Waals surface area contributed by atoms with Gasteiger partial charge in [0.2, 0.25) is 0 Å². The zero-order valence-electron chi connectivity index (χ0n) is 17.8. The van der Waals surface area contributed by atoms with Crippen LogP contribution >= 0.6 is 24.0 Å². The molecular weight excluding hydrogens is 489 g/mol. The largest absolute Gasteiger partial charge is 0.469 e. The molecular formula is C23H32IN5O. The van der Waals surface area contributed by atoms with E-state index in [9.17, 15) is 0 Å². The molecule has 162 valence electrons. The monoisotopic (exact) mass is 521 g/mol. The van der Waals surface area contributed by atoms with E-state index in [1.54, 1.807) is 6.26 Å². The molecule has 2 heterocycles. The summed E-state index contributed by atoms with van der Waals surface area (Å²) in [5, 5.41) is 11.4. The van der Waals surface area contributed by atoms with Gasteiger partial charge in [0.1, 0.15) is 5.76 Å². The summed E-state index contributed by atoms with van der Waals surface area (Å²) in [5.41, 5.74) is 3.58. The number of rotatable bonds is 10. The highest BCUT2D eigenvalue weighted by Crippen LogP contribution is 2.03. The molecule has 0 saturated heterocycles. The van der Waals surface area contributed by atoms with Gasteiger partial charge in [-0.2, -0.15) is 5.10 Å². The normalized spacial score (nSPS) is 11.2. The number of hydrogen-bond acceptors (Lipinski definition) is 3. The average molecular weight is 521 g/mol. The minimum Gasteiger partial charge on any atom is -0.469 e. The van der Waals surface area contributed by atoms with E-state index in [1.807, 2.05) is 25.1 Å². The summed E-state index contributed by atoms with van der Waals surface area (Å²) < 4.78 is 7.46. The summed E-state index contributed by atoms with van der Waals surface area (Å²) in [7, 11) is 0. The highest BCUT2D eigenvalue weighted by molar-refractivity contribution is 14.0. The maximum Gasteiger partial charge on any atom is 0.191 e. The topological polar surface area (TPSA) is 67.4 Å². The number of benzene rings is 1. The number of halogens is 1. The van der Waals surface area contributed by atoms with Crippen molar-refractivity contribution in [3.63, 3.8) is 0 Å². The lowest BCUT2D eigenvalue weighted by atomic mass is 10.1. The standard InChI is InChI=1S/C23H31N5O.HI/c1-19-18-20(2)28(27-19)16-7-13-24-23(26-15-12-22-10-6-17-29-22)25-14-11-21-8-4-3-5-9-21;/h3-6,8-10,17-18H,7,11-16H2,1-2H3,(H2,24,25,26);1H. The van der Waals surface area contributed by atoms with Crippen LogP contribution in [-0.2, 0) is 19.4 Å². The second kappa shape index (κ2) is 13.1. The number of hydrogen-bond donors (Lipinski definition) is 2. The molecule has 1 aromatic carbocycles. The first kappa shape index (κ1) is 24.0. The van der Waals surface area contributed by atoms with Crippen molar-refractivity contribution >= 4 is 29.9 Å². The molecule has 3 rings (SSSR count). The van der Waals surface area contributed by atoms with Crippen molar-refractivity contribution < 1.29 is 4.42 Å². The van der Waals surface area contributed by atoms with E-state index in [0.29, 0.717) is 0 Å². The SMILES string of the molecule is Cc1cc(C)n(CCCN=C(NCCc2ccccc2)NCCc2ccco2)n1.I. The van der Waals surface area contributed by atoms with Crippen LogP contribution < -0.4 is 10.6 Å². The molecule has 0 aliphatic heterocycles. The molecule has 0 spiro atoms. The van der Waals surface area contributed by atoms with E-state index in [2.05, 4.69) is 57.7 Å². The van der Waals surface area contributed by atoms with Gasteiger partial charge in [0.15, 0.2) is 5.96 Å². The fourth-order valence-corrected chi connectivity index (χ4v) is 3.22. The summed E-state index contributed by atoms with van der Waals surface area (Å²) in [6, 6.07) is 16.5. The van der Waals surface area contributed by atoms with Crippen LogP contribution in [0.2, 0.25) is 0 Å². The molecule has 2 N–H and O–H groups in total. The van der Waals surface area contributed by atoms with Gasteiger partial charge in [-0.05, 0) is 50.5 Å². The van der Waals surface area contributed by atoms with Crippen LogP contribution in [0.5, 0.6) is 0 Å². The number of aromatic nitrogens is 2.